The largest absolute Gasteiger partial charge is 0.502 e. The van der Waals surface area contributed by atoms with E-state index in [4.69, 9.17) is 4.42 Å². The van der Waals surface area contributed by atoms with Crippen molar-refractivity contribution in [3.8, 4) is 17.2 Å². The molecule has 7 nitrogen and oxygen atoms in total. The van der Waals surface area contributed by atoms with Gasteiger partial charge in [-0.25, -0.2) is 4.98 Å². The lowest BCUT2D eigenvalue weighted by atomic mass is 10.0. The van der Waals surface area contributed by atoms with Crippen molar-refractivity contribution in [1.82, 2.24) is 4.98 Å². The Morgan fingerprint density at radius 2 is 1.88 bits per heavy atom. The Bertz CT molecular complexity index is 1540. The Kier molecular flexibility index (Phi) is 4.91. The van der Waals surface area contributed by atoms with E-state index in [2.05, 4.69) is 25.9 Å². The third-order valence-corrected chi connectivity index (χ3v) is 5.48. The molecule has 0 saturated carbocycles. The number of aliphatic imine (C=N–C) groups is 1. The Morgan fingerprint density at radius 3 is 2.72 bits per heavy atom. The quantitative estimate of drug-likeness (QED) is 0.171. The fourth-order valence-electron chi connectivity index (χ4n) is 3.51. The van der Waals surface area contributed by atoms with Gasteiger partial charge in [0, 0.05) is 27.9 Å². The molecule has 4 aromatic carbocycles. The van der Waals surface area contributed by atoms with E-state index in [1.807, 2.05) is 42.5 Å². The van der Waals surface area contributed by atoms with Crippen LogP contribution in [0.4, 0.5) is 11.4 Å². The molecular weight excluding hydrogens is 474 g/mol. The number of hydrogen-bond donors (Lipinski definition) is 1. The number of rotatable bonds is 4. The fraction of sp³-hybridized carbons (Fsp3) is 0. The third kappa shape index (κ3) is 3.61. The van der Waals surface area contributed by atoms with Gasteiger partial charge in [-0.2, -0.15) is 0 Å². The predicted molar refractivity (Wildman–Crippen MR) is 127 cm³/mol. The van der Waals surface area contributed by atoms with E-state index < -0.39 is 16.4 Å². The molecule has 156 valence electrons. The number of phenols is 1. The number of nitro groups is 1. The number of aromatic hydroxyl groups is 1. The monoisotopic (exact) mass is 487 g/mol. The molecule has 1 aromatic heterocycles. The van der Waals surface area contributed by atoms with Gasteiger partial charge in [-0.3, -0.25) is 15.1 Å². The van der Waals surface area contributed by atoms with E-state index >= 15 is 0 Å². The SMILES string of the molecule is O=[N+]([O-])c1cc(Br)cc(C=Nc2ccc3oc(-c4cccc5ccccc45)nc3c2)c1O. The molecule has 1 heterocycles. The average Bonchev–Trinajstić information content (AvgIpc) is 3.22. The molecule has 0 aliphatic heterocycles. The number of benzene rings is 4. The van der Waals surface area contributed by atoms with Crippen LogP contribution in [0.2, 0.25) is 0 Å². The number of aromatic nitrogens is 1. The van der Waals surface area contributed by atoms with Gasteiger partial charge in [-0.1, -0.05) is 52.3 Å². The lowest BCUT2D eigenvalue weighted by Gasteiger charge is -2.01. The Hall–Kier alpha value is -4.04. The molecule has 8 heteroatoms. The van der Waals surface area contributed by atoms with Crippen molar-refractivity contribution in [2.45, 2.75) is 0 Å². The minimum absolute atomic E-state index is 0.225. The summed E-state index contributed by atoms with van der Waals surface area (Å²) in [6, 6.07) is 22.1. The number of nitro benzene ring substituents is 1. The second-order valence-electron chi connectivity index (χ2n) is 7.08. The standard InChI is InChI=1S/C24H14BrN3O4/c25-16-10-15(23(29)21(11-16)28(30)31)13-26-17-8-9-22-20(12-17)27-24(32-22)19-7-3-5-14-4-1-2-6-18(14)19/h1-13,29H. The first-order valence-electron chi connectivity index (χ1n) is 9.59. The maximum absolute atomic E-state index is 11.1. The van der Waals surface area contributed by atoms with Crippen molar-refractivity contribution in [2.75, 3.05) is 0 Å². The van der Waals surface area contributed by atoms with Gasteiger partial charge >= 0.3 is 5.69 Å². The minimum atomic E-state index is -0.645. The van der Waals surface area contributed by atoms with E-state index in [-0.39, 0.29) is 5.56 Å². The molecule has 0 fully saturated rings. The van der Waals surface area contributed by atoms with E-state index in [0.717, 1.165) is 16.3 Å². The first-order valence-corrected chi connectivity index (χ1v) is 10.4. The van der Waals surface area contributed by atoms with Crippen LogP contribution in [0.1, 0.15) is 5.56 Å². The number of phenolic OH excluding ortho intramolecular Hbond substituents is 1. The number of oxazole rings is 1. The Labute approximate surface area is 189 Å². The summed E-state index contributed by atoms with van der Waals surface area (Å²) in [5, 5.41) is 23.4. The molecule has 0 unspecified atom stereocenters. The molecule has 0 saturated heterocycles. The summed E-state index contributed by atoms with van der Waals surface area (Å²) in [6.45, 7) is 0. The lowest BCUT2D eigenvalue weighted by Crippen LogP contribution is -1.92. The summed E-state index contributed by atoms with van der Waals surface area (Å²) in [7, 11) is 0. The third-order valence-electron chi connectivity index (χ3n) is 5.02. The topological polar surface area (TPSA) is 102 Å². The molecular formula is C24H14BrN3O4. The van der Waals surface area contributed by atoms with Gasteiger partial charge in [-0.05, 0) is 41.1 Å². The number of halogens is 1. The fourth-order valence-corrected chi connectivity index (χ4v) is 3.97. The molecule has 5 rings (SSSR count). The number of hydrogen-bond acceptors (Lipinski definition) is 6. The molecule has 1 N–H and O–H groups in total. The van der Waals surface area contributed by atoms with Crippen molar-refractivity contribution in [2.24, 2.45) is 4.99 Å². The maximum Gasteiger partial charge on any atom is 0.312 e. The van der Waals surface area contributed by atoms with Gasteiger partial charge in [0.1, 0.15) is 5.52 Å². The van der Waals surface area contributed by atoms with Crippen LogP contribution in [-0.2, 0) is 0 Å². The van der Waals surface area contributed by atoms with E-state index in [1.54, 1.807) is 24.3 Å². The van der Waals surface area contributed by atoms with Crippen LogP contribution in [0.15, 0.2) is 86.7 Å². The molecule has 0 radical (unpaired) electrons. The van der Waals surface area contributed by atoms with Gasteiger partial charge < -0.3 is 9.52 Å². The summed E-state index contributed by atoms with van der Waals surface area (Å²) < 4.78 is 6.44. The first kappa shape index (κ1) is 19.9. The van der Waals surface area contributed by atoms with E-state index in [0.29, 0.717) is 27.2 Å². The van der Waals surface area contributed by atoms with Crippen molar-refractivity contribution >= 4 is 55.4 Å². The second-order valence-corrected chi connectivity index (χ2v) is 7.99. The van der Waals surface area contributed by atoms with Gasteiger partial charge in [0.15, 0.2) is 5.58 Å². The normalized spacial score (nSPS) is 11.5. The van der Waals surface area contributed by atoms with Crippen molar-refractivity contribution in [1.29, 1.82) is 0 Å². The molecule has 5 aromatic rings. The lowest BCUT2D eigenvalue weighted by molar-refractivity contribution is -0.385. The maximum atomic E-state index is 11.1. The van der Waals surface area contributed by atoms with Crippen LogP contribution < -0.4 is 0 Å². The minimum Gasteiger partial charge on any atom is -0.502 e. The Balaban J connectivity index is 1.52. The zero-order valence-electron chi connectivity index (χ0n) is 16.4. The van der Waals surface area contributed by atoms with Crippen LogP contribution in [-0.4, -0.2) is 21.2 Å². The van der Waals surface area contributed by atoms with E-state index in [1.165, 1.54) is 12.3 Å². The van der Waals surface area contributed by atoms with Crippen LogP contribution >= 0.6 is 15.9 Å². The summed E-state index contributed by atoms with van der Waals surface area (Å²) in [5.74, 6) is 0.0703. The summed E-state index contributed by atoms with van der Waals surface area (Å²) >= 11 is 3.22. The molecule has 0 aliphatic carbocycles. The van der Waals surface area contributed by atoms with Crippen LogP contribution in [0.5, 0.6) is 5.75 Å². The smallest absolute Gasteiger partial charge is 0.312 e. The summed E-state index contributed by atoms with van der Waals surface area (Å²) in [5.41, 5.74) is 2.54. The van der Waals surface area contributed by atoms with Gasteiger partial charge in [-0.15, -0.1) is 0 Å². The molecule has 0 aliphatic rings. The van der Waals surface area contributed by atoms with Crippen LogP contribution in [0.25, 0.3) is 33.3 Å². The highest BCUT2D eigenvalue weighted by Crippen LogP contribution is 2.34. The molecule has 0 amide bonds. The molecule has 0 atom stereocenters. The zero-order chi connectivity index (χ0) is 22.2. The van der Waals surface area contributed by atoms with Crippen molar-refractivity contribution in [3.05, 3.63) is 92.9 Å². The van der Waals surface area contributed by atoms with Crippen LogP contribution in [0, 0.1) is 10.1 Å². The summed E-state index contributed by atoms with van der Waals surface area (Å²) in [6.07, 6.45) is 1.37. The highest BCUT2D eigenvalue weighted by Gasteiger charge is 2.17. The highest BCUT2D eigenvalue weighted by molar-refractivity contribution is 9.10. The number of fused-ring (bicyclic) bond motifs is 2. The molecule has 32 heavy (non-hydrogen) atoms. The van der Waals surface area contributed by atoms with E-state index in [9.17, 15) is 15.2 Å². The van der Waals surface area contributed by atoms with Crippen molar-refractivity contribution in [3.63, 3.8) is 0 Å². The second kappa shape index (κ2) is 7.90. The molecule has 0 bridgehead atoms. The zero-order valence-corrected chi connectivity index (χ0v) is 18.0. The highest BCUT2D eigenvalue weighted by atomic mass is 79.9. The van der Waals surface area contributed by atoms with Gasteiger partial charge in [0.2, 0.25) is 11.6 Å². The van der Waals surface area contributed by atoms with Crippen molar-refractivity contribution < 1.29 is 14.4 Å². The Morgan fingerprint density at radius 1 is 1.06 bits per heavy atom. The van der Waals surface area contributed by atoms with Gasteiger partial charge in [0.25, 0.3) is 0 Å². The molecule has 0 spiro atoms. The first-order chi connectivity index (χ1) is 15.5. The summed E-state index contributed by atoms with van der Waals surface area (Å²) in [4.78, 5) is 19.4. The predicted octanol–water partition coefficient (Wildman–Crippen LogP) is 6.77. The van der Waals surface area contributed by atoms with Gasteiger partial charge in [0.05, 0.1) is 10.6 Å². The van der Waals surface area contributed by atoms with Crippen LogP contribution in [0.3, 0.4) is 0 Å². The average molecular weight is 488 g/mol. The number of nitrogens with zero attached hydrogens (tertiary/aromatic N) is 3.